The molecule has 1 fully saturated rings. The van der Waals surface area contributed by atoms with E-state index in [-0.39, 0.29) is 17.7 Å². The van der Waals surface area contributed by atoms with Crippen molar-refractivity contribution in [3.8, 4) is 22.9 Å². The van der Waals surface area contributed by atoms with E-state index in [9.17, 15) is 9.59 Å². The summed E-state index contributed by atoms with van der Waals surface area (Å²) in [6, 6.07) is 12.8. The molecule has 2 aromatic carbocycles. The maximum Gasteiger partial charge on any atom is 0.246 e. The van der Waals surface area contributed by atoms with E-state index in [0.717, 1.165) is 24.0 Å². The zero-order valence-electron chi connectivity index (χ0n) is 20.0. The Kier molecular flexibility index (Phi) is 7.45. The van der Waals surface area contributed by atoms with Crippen LogP contribution in [0.3, 0.4) is 0 Å². The molecule has 1 N–H and O–H groups in total. The van der Waals surface area contributed by atoms with Crippen LogP contribution < -0.4 is 14.8 Å². The lowest BCUT2D eigenvalue weighted by atomic mass is 9.96. The molecule has 0 atom stereocenters. The monoisotopic (exact) mass is 476 g/mol. The molecular weight excluding hydrogens is 448 g/mol. The van der Waals surface area contributed by atoms with Crippen molar-refractivity contribution in [3.63, 3.8) is 0 Å². The number of nitrogens with zero attached hydrogens (tertiary/aromatic N) is 3. The van der Waals surface area contributed by atoms with Crippen LogP contribution in [0.1, 0.15) is 37.1 Å². The summed E-state index contributed by atoms with van der Waals surface area (Å²) >= 11 is 0. The summed E-state index contributed by atoms with van der Waals surface area (Å²) in [5.74, 6) is 2.29. The van der Waals surface area contributed by atoms with E-state index in [1.54, 1.807) is 38.5 Å². The number of methoxy groups -OCH3 is 2. The van der Waals surface area contributed by atoms with Crippen molar-refractivity contribution in [2.24, 2.45) is 0 Å². The molecule has 0 saturated carbocycles. The van der Waals surface area contributed by atoms with Crippen molar-refractivity contribution in [2.75, 3.05) is 32.6 Å². The highest BCUT2D eigenvalue weighted by molar-refractivity contribution is 5.92. The molecule has 1 aromatic heterocycles. The standard InChI is InChI=1S/C26H28N4O5/c1-17(31)27-21-8-6-19(7-9-21)25-28-26(35-29-25)20-12-14-30(15-13-20)24(32)11-5-18-4-10-22(33-2)23(16-18)34-3/h4-11,16,20H,12-15H2,1-3H3,(H,27,31)/b11-5+. The van der Waals surface area contributed by atoms with Crippen LogP contribution in [-0.4, -0.2) is 54.2 Å². The highest BCUT2D eigenvalue weighted by Gasteiger charge is 2.27. The van der Waals surface area contributed by atoms with Crippen molar-refractivity contribution in [2.45, 2.75) is 25.7 Å². The molecule has 3 aromatic rings. The fourth-order valence-corrected chi connectivity index (χ4v) is 4.00. The number of benzene rings is 2. The minimum absolute atomic E-state index is 0.0382. The SMILES string of the molecule is COc1ccc(/C=C/C(=O)N2CCC(c3nc(-c4ccc(NC(C)=O)cc4)no3)CC2)cc1OC. The predicted molar refractivity (Wildman–Crippen MR) is 131 cm³/mol. The van der Waals surface area contributed by atoms with Crippen molar-refractivity contribution in [3.05, 3.63) is 60.0 Å². The minimum atomic E-state index is -0.124. The lowest BCUT2D eigenvalue weighted by Crippen LogP contribution is -2.36. The van der Waals surface area contributed by atoms with Gasteiger partial charge in [0.05, 0.1) is 14.2 Å². The summed E-state index contributed by atoms with van der Waals surface area (Å²) in [7, 11) is 3.17. The average molecular weight is 477 g/mol. The van der Waals surface area contributed by atoms with E-state index >= 15 is 0 Å². The third kappa shape index (κ3) is 5.87. The molecule has 182 valence electrons. The third-order valence-electron chi connectivity index (χ3n) is 5.89. The van der Waals surface area contributed by atoms with E-state index in [1.165, 1.54) is 6.92 Å². The second-order valence-corrected chi connectivity index (χ2v) is 8.26. The summed E-state index contributed by atoms with van der Waals surface area (Å²) in [5, 5.41) is 6.84. The van der Waals surface area contributed by atoms with Gasteiger partial charge in [-0.2, -0.15) is 4.98 Å². The number of hydrogen-bond acceptors (Lipinski definition) is 7. The van der Waals surface area contributed by atoms with Crippen LogP contribution in [0.25, 0.3) is 17.5 Å². The van der Waals surface area contributed by atoms with Crippen LogP contribution >= 0.6 is 0 Å². The number of carbonyl (C=O) groups is 2. The Bertz CT molecular complexity index is 1210. The van der Waals surface area contributed by atoms with Crippen LogP contribution in [0.2, 0.25) is 0 Å². The van der Waals surface area contributed by atoms with E-state index in [2.05, 4.69) is 15.5 Å². The Hall–Kier alpha value is -4.14. The van der Waals surface area contributed by atoms with Gasteiger partial charge in [0.1, 0.15) is 0 Å². The molecule has 0 radical (unpaired) electrons. The van der Waals surface area contributed by atoms with Gasteiger partial charge in [0.15, 0.2) is 11.5 Å². The first kappa shape index (κ1) is 24.0. The molecular formula is C26H28N4O5. The normalized spacial score (nSPS) is 14.2. The predicted octanol–water partition coefficient (Wildman–Crippen LogP) is 4.13. The fourth-order valence-electron chi connectivity index (χ4n) is 4.00. The van der Waals surface area contributed by atoms with Crippen molar-refractivity contribution >= 4 is 23.6 Å². The Labute approximate surface area is 203 Å². The lowest BCUT2D eigenvalue weighted by Gasteiger charge is -2.29. The van der Waals surface area contributed by atoms with Gasteiger partial charge in [0.2, 0.25) is 23.5 Å². The van der Waals surface area contributed by atoms with E-state index in [0.29, 0.717) is 42.0 Å². The minimum Gasteiger partial charge on any atom is -0.493 e. The number of nitrogens with one attached hydrogen (secondary N) is 1. The maximum atomic E-state index is 12.7. The Balaban J connectivity index is 1.32. The number of anilines is 1. The van der Waals surface area contributed by atoms with Crippen LogP contribution in [0, 0.1) is 0 Å². The lowest BCUT2D eigenvalue weighted by molar-refractivity contribution is -0.127. The molecule has 1 saturated heterocycles. The Morgan fingerprint density at radius 3 is 2.43 bits per heavy atom. The van der Waals surface area contributed by atoms with Gasteiger partial charge in [-0.1, -0.05) is 11.2 Å². The van der Waals surface area contributed by atoms with E-state index < -0.39 is 0 Å². The summed E-state index contributed by atoms with van der Waals surface area (Å²) in [5.41, 5.74) is 2.37. The molecule has 4 rings (SSSR count). The van der Waals surface area contributed by atoms with Crippen LogP contribution in [-0.2, 0) is 9.59 Å². The van der Waals surface area contributed by atoms with Crippen LogP contribution in [0.15, 0.2) is 53.1 Å². The Morgan fingerprint density at radius 1 is 1.06 bits per heavy atom. The molecule has 1 aliphatic rings. The summed E-state index contributed by atoms with van der Waals surface area (Å²) in [6.07, 6.45) is 4.85. The highest BCUT2D eigenvalue weighted by atomic mass is 16.5. The second kappa shape index (κ2) is 10.9. The van der Waals surface area contributed by atoms with Gasteiger partial charge in [-0.15, -0.1) is 0 Å². The molecule has 0 unspecified atom stereocenters. The first-order chi connectivity index (χ1) is 17.0. The highest BCUT2D eigenvalue weighted by Crippen LogP contribution is 2.30. The molecule has 9 nitrogen and oxygen atoms in total. The van der Waals surface area contributed by atoms with Crippen molar-refractivity contribution < 1.29 is 23.6 Å². The largest absolute Gasteiger partial charge is 0.493 e. The van der Waals surface area contributed by atoms with Crippen LogP contribution in [0.5, 0.6) is 11.5 Å². The summed E-state index contributed by atoms with van der Waals surface area (Å²) < 4.78 is 16.1. The van der Waals surface area contributed by atoms with Gasteiger partial charge in [0.25, 0.3) is 0 Å². The topological polar surface area (TPSA) is 107 Å². The number of carbonyl (C=O) groups excluding carboxylic acids is 2. The zero-order valence-corrected chi connectivity index (χ0v) is 20.0. The van der Waals surface area contributed by atoms with Gasteiger partial charge >= 0.3 is 0 Å². The first-order valence-corrected chi connectivity index (χ1v) is 11.4. The average Bonchev–Trinajstić information content (AvgIpc) is 3.37. The molecule has 2 heterocycles. The number of rotatable bonds is 7. The third-order valence-corrected chi connectivity index (χ3v) is 5.89. The van der Waals surface area contributed by atoms with Crippen molar-refractivity contribution in [1.82, 2.24) is 15.0 Å². The second-order valence-electron chi connectivity index (χ2n) is 8.26. The van der Waals surface area contributed by atoms with Gasteiger partial charge in [-0.25, -0.2) is 0 Å². The number of hydrogen-bond donors (Lipinski definition) is 1. The molecule has 35 heavy (non-hydrogen) atoms. The van der Waals surface area contributed by atoms with Crippen LogP contribution in [0.4, 0.5) is 5.69 Å². The molecule has 0 spiro atoms. The van der Waals surface area contributed by atoms with Gasteiger partial charge < -0.3 is 24.2 Å². The zero-order chi connectivity index (χ0) is 24.8. The first-order valence-electron chi connectivity index (χ1n) is 11.4. The quantitative estimate of drug-likeness (QED) is 0.511. The van der Waals surface area contributed by atoms with Gasteiger partial charge in [-0.05, 0) is 60.9 Å². The number of aromatic nitrogens is 2. The van der Waals surface area contributed by atoms with E-state index in [4.69, 9.17) is 14.0 Å². The number of likely N-dealkylation sites (tertiary alicyclic amines) is 1. The molecule has 0 bridgehead atoms. The number of piperidine rings is 1. The molecule has 2 amide bonds. The number of amides is 2. The number of ether oxygens (including phenoxy) is 2. The Morgan fingerprint density at radius 2 is 1.77 bits per heavy atom. The molecule has 9 heteroatoms. The summed E-state index contributed by atoms with van der Waals surface area (Å²) in [6.45, 7) is 2.69. The molecule has 1 aliphatic heterocycles. The smallest absolute Gasteiger partial charge is 0.246 e. The maximum absolute atomic E-state index is 12.7. The molecule has 0 aliphatic carbocycles. The van der Waals surface area contributed by atoms with Gasteiger partial charge in [0, 0.05) is 43.3 Å². The summed E-state index contributed by atoms with van der Waals surface area (Å²) in [4.78, 5) is 30.2. The van der Waals surface area contributed by atoms with Crippen molar-refractivity contribution in [1.29, 1.82) is 0 Å². The van der Waals surface area contributed by atoms with Gasteiger partial charge in [-0.3, -0.25) is 9.59 Å². The fraction of sp³-hybridized carbons (Fsp3) is 0.308. The van der Waals surface area contributed by atoms with E-state index in [1.807, 2.05) is 35.2 Å².